The van der Waals surface area contributed by atoms with Gasteiger partial charge in [0, 0.05) is 22.6 Å². The summed E-state index contributed by atoms with van der Waals surface area (Å²) in [6.07, 6.45) is 0.847. The molecule has 1 rings (SSSR count). The summed E-state index contributed by atoms with van der Waals surface area (Å²) in [6, 6.07) is 3.17. The first-order valence-electron chi connectivity index (χ1n) is 6.17. The van der Waals surface area contributed by atoms with Gasteiger partial charge < -0.3 is 9.64 Å². The summed E-state index contributed by atoms with van der Waals surface area (Å²) in [5.74, 6) is -0.346. The number of ether oxygens (including phenoxy) is 1. The predicted molar refractivity (Wildman–Crippen MR) is 80.1 cm³/mol. The van der Waals surface area contributed by atoms with Gasteiger partial charge in [-0.15, -0.1) is 0 Å². The number of carbonyl (C=O) groups excluding carboxylic acids is 1. The molecule has 0 bridgehead atoms. The fourth-order valence-electron chi connectivity index (χ4n) is 1.87. The third kappa shape index (κ3) is 3.93. The maximum Gasteiger partial charge on any atom is 0.325 e. The standard InChI is InChI=1S/C13H17BrN2O4/c1-4-5-15(8-13(17)20-3)12-6-9(2)11(16(18)19)7-10(12)14/h6-7H,4-5,8H2,1-3H3. The van der Waals surface area contributed by atoms with E-state index in [4.69, 9.17) is 0 Å². The van der Waals surface area contributed by atoms with Gasteiger partial charge in [-0.25, -0.2) is 0 Å². The summed E-state index contributed by atoms with van der Waals surface area (Å²) in [6.45, 7) is 4.44. The number of aryl methyl sites for hydroxylation is 1. The normalized spacial score (nSPS) is 10.2. The van der Waals surface area contributed by atoms with Crippen LogP contribution in [0.3, 0.4) is 0 Å². The van der Waals surface area contributed by atoms with Crippen molar-refractivity contribution < 1.29 is 14.5 Å². The Balaban J connectivity index is 3.16. The Labute approximate surface area is 126 Å². The average Bonchev–Trinajstić information content (AvgIpc) is 2.40. The molecule has 0 aliphatic heterocycles. The number of nitrogens with zero attached hydrogens (tertiary/aromatic N) is 2. The highest BCUT2D eigenvalue weighted by atomic mass is 79.9. The van der Waals surface area contributed by atoms with E-state index < -0.39 is 4.92 Å². The van der Waals surface area contributed by atoms with Crippen LogP contribution in [0.15, 0.2) is 16.6 Å². The molecule has 110 valence electrons. The second-order valence-corrected chi connectivity index (χ2v) is 5.20. The molecule has 0 saturated carbocycles. The van der Waals surface area contributed by atoms with Crippen molar-refractivity contribution >= 4 is 33.3 Å². The quantitative estimate of drug-likeness (QED) is 0.450. The molecule has 0 aliphatic carbocycles. The van der Waals surface area contributed by atoms with Gasteiger partial charge in [-0.1, -0.05) is 6.92 Å². The van der Waals surface area contributed by atoms with E-state index in [1.165, 1.54) is 13.2 Å². The Kier molecular flexibility index (Phi) is 5.94. The van der Waals surface area contributed by atoms with E-state index in [0.717, 1.165) is 12.1 Å². The molecule has 0 amide bonds. The Bertz CT molecular complexity index is 519. The van der Waals surface area contributed by atoms with E-state index in [1.54, 1.807) is 13.0 Å². The van der Waals surface area contributed by atoms with E-state index in [9.17, 15) is 14.9 Å². The van der Waals surface area contributed by atoms with Gasteiger partial charge in [-0.3, -0.25) is 14.9 Å². The topological polar surface area (TPSA) is 72.7 Å². The summed E-state index contributed by atoms with van der Waals surface area (Å²) >= 11 is 3.33. The molecule has 0 aliphatic rings. The van der Waals surface area contributed by atoms with Gasteiger partial charge in [-0.05, 0) is 35.3 Å². The number of nitro groups is 1. The minimum absolute atomic E-state index is 0.0511. The van der Waals surface area contributed by atoms with Crippen LogP contribution in [-0.2, 0) is 9.53 Å². The second kappa shape index (κ2) is 7.23. The molecule has 0 unspecified atom stereocenters. The van der Waals surface area contributed by atoms with Gasteiger partial charge in [0.2, 0.25) is 0 Å². The highest BCUT2D eigenvalue weighted by Gasteiger charge is 2.19. The first kappa shape index (κ1) is 16.4. The lowest BCUT2D eigenvalue weighted by Gasteiger charge is -2.24. The van der Waals surface area contributed by atoms with Crippen molar-refractivity contribution in [2.24, 2.45) is 0 Å². The minimum atomic E-state index is -0.422. The van der Waals surface area contributed by atoms with Crippen molar-refractivity contribution in [3.8, 4) is 0 Å². The van der Waals surface area contributed by atoms with Gasteiger partial charge in [0.15, 0.2) is 0 Å². The Hall–Kier alpha value is -1.63. The maximum absolute atomic E-state index is 11.5. The van der Waals surface area contributed by atoms with Crippen LogP contribution in [0.1, 0.15) is 18.9 Å². The lowest BCUT2D eigenvalue weighted by Crippen LogP contribution is -2.31. The number of methoxy groups -OCH3 is 1. The molecular formula is C13H17BrN2O4. The maximum atomic E-state index is 11.5. The van der Waals surface area contributed by atoms with Gasteiger partial charge in [0.05, 0.1) is 17.7 Å². The van der Waals surface area contributed by atoms with Gasteiger partial charge in [0.1, 0.15) is 6.54 Å². The number of nitro benzene ring substituents is 1. The van der Waals surface area contributed by atoms with Gasteiger partial charge in [0.25, 0.3) is 5.69 Å². The average molecular weight is 345 g/mol. The predicted octanol–water partition coefficient (Wildman–Crippen LogP) is 3.06. The van der Waals surface area contributed by atoms with Crippen LogP contribution in [0, 0.1) is 17.0 Å². The number of hydrogen-bond donors (Lipinski definition) is 0. The van der Waals surface area contributed by atoms with E-state index >= 15 is 0 Å². The van der Waals surface area contributed by atoms with Crippen LogP contribution >= 0.6 is 15.9 Å². The number of esters is 1. The summed E-state index contributed by atoms with van der Waals surface area (Å²) in [5.41, 5.74) is 1.36. The van der Waals surface area contributed by atoms with Crippen LogP contribution in [0.25, 0.3) is 0 Å². The molecule has 0 spiro atoms. The van der Waals surface area contributed by atoms with Gasteiger partial charge in [-0.2, -0.15) is 0 Å². The molecule has 20 heavy (non-hydrogen) atoms. The zero-order valence-electron chi connectivity index (χ0n) is 11.7. The molecule has 0 fully saturated rings. The van der Waals surface area contributed by atoms with Crippen LogP contribution < -0.4 is 4.90 Å². The highest BCUT2D eigenvalue weighted by molar-refractivity contribution is 9.10. The first-order chi connectivity index (χ1) is 9.40. The number of hydrogen-bond acceptors (Lipinski definition) is 5. The summed E-state index contributed by atoms with van der Waals surface area (Å²) in [7, 11) is 1.34. The monoisotopic (exact) mass is 344 g/mol. The minimum Gasteiger partial charge on any atom is -0.468 e. The Morgan fingerprint density at radius 2 is 2.15 bits per heavy atom. The fraction of sp³-hybridized carbons (Fsp3) is 0.462. The lowest BCUT2D eigenvalue weighted by atomic mass is 10.1. The van der Waals surface area contributed by atoms with Crippen LogP contribution in [0.4, 0.5) is 11.4 Å². The van der Waals surface area contributed by atoms with Crippen LogP contribution in [-0.4, -0.2) is 31.1 Å². The molecule has 6 nitrogen and oxygen atoms in total. The van der Waals surface area contributed by atoms with Crippen molar-refractivity contribution in [1.29, 1.82) is 0 Å². The smallest absolute Gasteiger partial charge is 0.325 e. The number of anilines is 1. The first-order valence-corrected chi connectivity index (χ1v) is 6.96. The Morgan fingerprint density at radius 1 is 1.50 bits per heavy atom. The molecule has 0 N–H and O–H groups in total. The molecule has 1 aromatic rings. The van der Waals surface area contributed by atoms with Crippen molar-refractivity contribution in [1.82, 2.24) is 0 Å². The molecule has 1 aromatic carbocycles. The number of rotatable bonds is 6. The number of halogens is 1. The molecule has 0 saturated heterocycles. The number of carbonyl (C=O) groups is 1. The van der Waals surface area contributed by atoms with Gasteiger partial charge >= 0.3 is 5.97 Å². The van der Waals surface area contributed by atoms with Crippen LogP contribution in [0.2, 0.25) is 0 Å². The zero-order valence-corrected chi connectivity index (χ0v) is 13.3. The Morgan fingerprint density at radius 3 is 2.65 bits per heavy atom. The van der Waals surface area contributed by atoms with E-state index in [2.05, 4.69) is 20.7 Å². The zero-order chi connectivity index (χ0) is 15.3. The fourth-order valence-corrected chi connectivity index (χ4v) is 2.45. The summed E-state index contributed by atoms with van der Waals surface area (Å²) < 4.78 is 5.27. The molecule has 0 heterocycles. The van der Waals surface area contributed by atoms with Crippen molar-refractivity contribution in [3.05, 3.63) is 32.3 Å². The number of benzene rings is 1. The van der Waals surface area contributed by atoms with Crippen LogP contribution in [0.5, 0.6) is 0 Å². The molecule has 0 radical (unpaired) electrons. The molecule has 0 atom stereocenters. The van der Waals surface area contributed by atoms with E-state index in [1.807, 2.05) is 11.8 Å². The van der Waals surface area contributed by atoms with Crippen molar-refractivity contribution in [2.45, 2.75) is 20.3 Å². The van der Waals surface area contributed by atoms with E-state index in [0.29, 0.717) is 16.6 Å². The lowest BCUT2D eigenvalue weighted by molar-refractivity contribution is -0.385. The SMILES string of the molecule is CCCN(CC(=O)OC)c1cc(C)c([N+](=O)[O-])cc1Br. The highest BCUT2D eigenvalue weighted by Crippen LogP contribution is 2.33. The summed E-state index contributed by atoms with van der Waals surface area (Å²) in [4.78, 5) is 23.8. The summed E-state index contributed by atoms with van der Waals surface area (Å²) in [5, 5.41) is 10.9. The second-order valence-electron chi connectivity index (χ2n) is 4.34. The third-order valence-corrected chi connectivity index (χ3v) is 3.48. The van der Waals surface area contributed by atoms with E-state index in [-0.39, 0.29) is 18.2 Å². The third-order valence-electron chi connectivity index (χ3n) is 2.84. The molecular weight excluding hydrogens is 328 g/mol. The van der Waals surface area contributed by atoms with Crippen molar-refractivity contribution in [3.63, 3.8) is 0 Å². The van der Waals surface area contributed by atoms with Crippen molar-refractivity contribution in [2.75, 3.05) is 25.1 Å². The largest absolute Gasteiger partial charge is 0.468 e. The molecule has 7 heteroatoms. The molecule has 0 aromatic heterocycles.